The fraction of sp³-hybridized carbons (Fsp3) is 0.400. The van der Waals surface area contributed by atoms with E-state index < -0.39 is 5.82 Å². The van der Waals surface area contributed by atoms with Crippen LogP contribution in [-0.4, -0.2) is 22.8 Å². The van der Waals surface area contributed by atoms with Crippen molar-refractivity contribution < 1.29 is 9.18 Å². The van der Waals surface area contributed by atoms with Crippen LogP contribution in [0.4, 0.5) is 10.1 Å². The lowest BCUT2D eigenvalue weighted by Gasteiger charge is -2.17. The van der Waals surface area contributed by atoms with Gasteiger partial charge in [-0.25, -0.2) is 9.37 Å². The molecule has 0 bridgehead atoms. The Morgan fingerprint density at radius 3 is 3.00 bits per heavy atom. The molecule has 1 aliphatic heterocycles. The van der Waals surface area contributed by atoms with Gasteiger partial charge in [0.05, 0.1) is 11.9 Å². The van der Waals surface area contributed by atoms with Gasteiger partial charge in [-0.05, 0) is 21.8 Å². The van der Waals surface area contributed by atoms with E-state index in [1.807, 2.05) is 0 Å². The van der Waals surface area contributed by atoms with Crippen LogP contribution in [0.5, 0.6) is 0 Å². The molecular weight excluding hydrogens is 343 g/mol. The number of alkyl halides is 1. The highest BCUT2D eigenvalue weighted by atomic mass is 79.9. The zero-order valence-corrected chi connectivity index (χ0v) is 11.5. The topological polar surface area (TPSA) is 33.2 Å². The van der Waals surface area contributed by atoms with Crippen LogP contribution in [-0.2, 0) is 4.79 Å². The van der Waals surface area contributed by atoms with Crippen molar-refractivity contribution in [3.63, 3.8) is 0 Å². The van der Waals surface area contributed by atoms with Crippen molar-refractivity contribution in [1.29, 1.82) is 0 Å². The van der Waals surface area contributed by atoms with E-state index in [1.54, 1.807) is 4.90 Å². The molecular formula is C10H9Br2FN2O. The van der Waals surface area contributed by atoms with Gasteiger partial charge in [-0.3, -0.25) is 4.79 Å². The highest BCUT2D eigenvalue weighted by Crippen LogP contribution is 2.31. The van der Waals surface area contributed by atoms with E-state index in [2.05, 4.69) is 36.8 Å². The summed E-state index contributed by atoms with van der Waals surface area (Å²) in [5, 5.41) is 0.773. The zero-order valence-electron chi connectivity index (χ0n) is 8.29. The lowest BCUT2D eigenvalue weighted by molar-refractivity contribution is -0.117. The third kappa shape index (κ3) is 2.27. The van der Waals surface area contributed by atoms with Crippen LogP contribution in [0, 0.1) is 11.7 Å². The van der Waals surface area contributed by atoms with Gasteiger partial charge < -0.3 is 4.90 Å². The molecule has 1 amide bonds. The van der Waals surface area contributed by atoms with Gasteiger partial charge in [-0.1, -0.05) is 15.9 Å². The van der Waals surface area contributed by atoms with Crippen LogP contribution in [0.25, 0.3) is 0 Å². The number of aromatic nitrogens is 1. The molecule has 1 aromatic heterocycles. The average Bonchev–Trinajstić information content (AvgIpc) is 2.63. The Morgan fingerprint density at radius 1 is 1.62 bits per heavy atom. The van der Waals surface area contributed by atoms with Crippen LogP contribution < -0.4 is 4.90 Å². The van der Waals surface area contributed by atoms with E-state index in [0.717, 1.165) is 11.5 Å². The molecule has 1 fully saturated rings. The van der Waals surface area contributed by atoms with Crippen molar-refractivity contribution in [2.45, 2.75) is 6.42 Å². The van der Waals surface area contributed by atoms with Crippen LogP contribution >= 0.6 is 31.9 Å². The van der Waals surface area contributed by atoms with Gasteiger partial charge in [0, 0.05) is 24.4 Å². The molecule has 3 nitrogen and oxygen atoms in total. The van der Waals surface area contributed by atoms with Crippen LogP contribution in [0.2, 0.25) is 0 Å². The molecule has 1 saturated heterocycles. The Labute approximate surface area is 109 Å². The fourth-order valence-corrected chi connectivity index (χ4v) is 2.58. The molecule has 16 heavy (non-hydrogen) atoms. The van der Waals surface area contributed by atoms with Gasteiger partial charge in [-0.2, -0.15) is 0 Å². The van der Waals surface area contributed by atoms with Crippen LogP contribution in [0.15, 0.2) is 16.9 Å². The Bertz CT molecular complexity index is 427. The van der Waals surface area contributed by atoms with Crippen molar-refractivity contribution in [3.05, 3.63) is 22.7 Å². The first-order valence-electron chi connectivity index (χ1n) is 4.79. The summed E-state index contributed by atoms with van der Waals surface area (Å²) in [6.45, 7) is 0.605. The van der Waals surface area contributed by atoms with Crippen molar-refractivity contribution in [3.8, 4) is 0 Å². The molecule has 1 unspecified atom stereocenters. The normalized spacial score (nSPS) is 20.6. The molecule has 0 aliphatic carbocycles. The minimum atomic E-state index is -0.437. The maximum atomic E-state index is 13.1. The number of anilines is 1. The summed E-state index contributed by atoms with van der Waals surface area (Å²) in [7, 11) is 0. The SMILES string of the molecule is O=C1CC(CBr)CN1c1cc(F)cnc1Br. The van der Waals surface area contributed by atoms with E-state index >= 15 is 0 Å². The number of hydrogen-bond donors (Lipinski definition) is 0. The molecule has 2 rings (SSSR count). The minimum absolute atomic E-state index is 0.0116. The maximum Gasteiger partial charge on any atom is 0.227 e. The first-order valence-corrected chi connectivity index (χ1v) is 6.70. The molecule has 1 atom stereocenters. The van der Waals surface area contributed by atoms with E-state index in [-0.39, 0.29) is 11.8 Å². The summed E-state index contributed by atoms with van der Waals surface area (Å²) < 4.78 is 13.6. The summed E-state index contributed by atoms with van der Waals surface area (Å²) in [6.07, 6.45) is 1.62. The first-order chi connectivity index (χ1) is 7.61. The Kier molecular flexibility index (Phi) is 3.59. The van der Waals surface area contributed by atoms with Crippen LogP contribution in [0.3, 0.4) is 0 Å². The molecule has 1 aromatic rings. The Balaban J connectivity index is 2.30. The second kappa shape index (κ2) is 4.79. The quantitative estimate of drug-likeness (QED) is 0.606. The van der Waals surface area contributed by atoms with Gasteiger partial charge in [0.1, 0.15) is 10.4 Å². The summed E-state index contributed by atoms with van der Waals surface area (Å²) in [5.74, 6) is -0.145. The monoisotopic (exact) mass is 350 g/mol. The molecule has 0 saturated carbocycles. The van der Waals surface area contributed by atoms with E-state index in [1.165, 1.54) is 6.07 Å². The smallest absolute Gasteiger partial charge is 0.227 e. The molecule has 0 spiro atoms. The predicted octanol–water partition coefficient (Wildman–Crippen LogP) is 2.73. The first kappa shape index (κ1) is 12.0. The zero-order chi connectivity index (χ0) is 11.7. The lowest BCUT2D eigenvalue weighted by atomic mass is 10.2. The van der Waals surface area contributed by atoms with Crippen molar-refractivity contribution in [2.24, 2.45) is 5.92 Å². The number of nitrogens with zero attached hydrogens (tertiary/aromatic N) is 2. The van der Waals surface area contributed by atoms with E-state index in [4.69, 9.17) is 0 Å². The molecule has 86 valence electrons. The second-order valence-electron chi connectivity index (χ2n) is 3.69. The van der Waals surface area contributed by atoms with Gasteiger partial charge in [-0.15, -0.1) is 0 Å². The predicted molar refractivity (Wildman–Crippen MR) is 66.1 cm³/mol. The molecule has 0 radical (unpaired) electrons. The third-order valence-corrected chi connectivity index (χ3v) is 4.03. The largest absolute Gasteiger partial charge is 0.309 e. The minimum Gasteiger partial charge on any atom is -0.309 e. The highest BCUT2D eigenvalue weighted by molar-refractivity contribution is 9.10. The van der Waals surface area contributed by atoms with Gasteiger partial charge in [0.15, 0.2) is 0 Å². The van der Waals surface area contributed by atoms with E-state index in [0.29, 0.717) is 23.3 Å². The van der Waals surface area contributed by atoms with Crippen molar-refractivity contribution >= 4 is 43.5 Å². The molecule has 0 aromatic carbocycles. The van der Waals surface area contributed by atoms with Crippen molar-refractivity contribution in [1.82, 2.24) is 4.98 Å². The highest BCUT2D eigenvalue weighted by Gasteiger charge is 2.31. The number of rotatable bonds is 2. The molecule has 6 heteroatoms. The standard InChI is InChI=1S/C10H9Br2FN2O/c11-3-6-1-9(16)15(5-6)8-2-7(13)4-14-10(8)12/h2,4,6H,1,3,5H2. The van der Waals surface area contributed by atoms with Crippen molar-refractivity contribution in [2.75, 3.05) is 16.8 Å². The second-order valence-corrected chi connectivity index (χ2v) is 5.09. The summed E-state index contributed by atoms with van der Waals surface area (Å²) in [5.41, 5.74) is 0.508. The summed E-state index contributed by atoms with van der Waals surface area (Å²) in [4.78, 5) is 17.2. The number of pyridine rings is 1. The van der Waals surface area contributed by atoms with Gasteiger partial charge in [0.2, 0.25) is 5.91 Å². The molecule has 2 heterocycles. The van der Waals surface area contributed by atoms with E-state index in [9.17, 15) is 9.18 Å². The molecule has 1 aliphatic rings. The van der Waals surface area contributed by atoms with Crippen LogP contribution in [0.1, 0.15) is 6.42 Å². The number of carbonyl (C=O) groups excluding carboxylic acids is 1. The fourth-order valence-electron chi connectivity index (χ4n) is 1.72. The van der Waals surface area contributed by atoms with Gasteiger partial charge >= 0.3 is 0 Å². The third-order valence-electron chi connectivity index (χ3n) is 2.50. The Hall–Kier alpha value is -0.490. The number of amides is 1. The molecule has 0 N–H and O–H groups in total. The summed E-state index contributed by atoms with van der Waals surface area (Å²) >= 11 is 6.58. The number of halogens is 3. The average molecular weight is 352 g/mol. The Morgan fingerprint density at radius 2 is 2.38 bits per heavy atom. The lowest BCUT2D eigenvalue weighted by Crippen LogP contribution is -2.25. The maximum absolute atomic E-state index is 13.1. The number of hydrogen-bond acceptors (Lipinski definition) is 2. The van der Waals surface area contributed by atoms with Gasteiger partial charge in [0.25, 0.3) is 0 Å². The summed E-state index contributed by atoms with van der Waals surface area (Å²) in [6, 6.07) is 1.32. The number of carbonyl (C=O) groups is 1.